The van der Waals surface area contributed by atoms with Gasteiger partial charge in [-0.1, -0.05) is 18.0 Å². The van der Waals surface area contributed by atoms with Crippen LogP contribution in [0.15, 0.2) is 36.4 Å². The number of nitrogens with one attached hydrogen (secondary N) is 2. The third-order valence-electron chi connectivity index (χ3n) is 5.76. The molecule has 1 aromatic heterocycles. The third-order valence-corrected chi connectivity index (χ3v) is 7.85. The molecule has 1 fully saturated rings. The number of aromatic nitrogens is 2. The molecule has 1 saturated heterocycles. The summed E-state index contributed by atoms with van der Waals surface area (Å²) in [6.07, 6.45) is 2.39. The van der Waals surface area contributed by atoms with Crippen LogP contribution < -0.4 is 9.62 Å². The molecule has 2 aromatic carbocycles. The van der Waals surface area contributed by atoms with E-state index in [0.717, 1.165) is 23.9 Å². The van der Waals surface area contributed by atoms with E-state index in [4.69, 9.17) is 16.3 Å². The molecule has 176 valence electrons. The minimum Gasteiger partial charge on any atom is -0.382 e. The van der Waals surface area contributed by atoms with Gasteiger partial charge in [0.2, 0.25) is 10.0 Å². The van der Waals surface area contributed by atoms with Gasteiger partial charge >= 0.3 is 0 Å². The van der Waals surface area contributed by atoms with E-state index in [9.17, 15) is 13.2 Å². The summed E-state index contributed by atoms with van der Waals surface area (Å²) in [6, 6.07) is 9.93. The van der Waals surface area contributed by atoms with Crippen LogP contribution in [0.1, 0.15) is 47.1 Å². The van der Waals surface area contributed by atoms with Gasteiger partial charge in [0.1, 0.15) is 11.9 Å². The number of halogens is 1. The molecule has 8 nitrogen and oxygen atoms in total. The van der Waals surface area contributed by atoms with Crippen molar-refractivity contribution in [3.63, 3.8) is 0 Å². The van der Waals surface area contributed by atoms with E-state index in [0.29, 0.717) is 40.6 Å². The molecule has 2 heterocycles. The van der Waals surface area contributed by atoms with E-state index < -0.39 is 16.1 Å². The van der Waals surface area contributed by atoms with Gasteiger partial charge in [-0.3, -0.25) is 9.10 Å². The summed E-state index contributed by atoms with van der Waals surface area (Å²) in [4.78, 5) is 20.8. The molecule has 1 aliphatic heterocycles. The molecule has 10 heteroatoms. The zero-order valence-electron chi connectivity index (χ0n) is 18.6. The topological polar surface area (TPSA) is 104 Å². The molecular formula is C23H27ClN4O4S. The number of imidazole rings is 1. The Kier molecular flexibility index (Phi) is 6.92. The van der Waals surface area contributed by atoms with Gasteiger partial charge in [-0.15, -0.1) is 0 Å². The maximum Gasteiger partial charge on any atom is 0.251 e. The number of hydrogen-bond donors (Lipinski definition) is 2. The highest BCUT2D eigenvalue weighted by molar-refractivity contribution is 7.92. The van der Waals surface area contributed by atoms with E-state index in [2.05, 4.69) is 15.3 Å². The lowest BCUT2D eigenvalue weighted by Crippen LogP contribution is -2.33. The second kappa shape index (κ2) is 9.70. The molecule has 0 radical (unpaired) electrons. The summed E-state index contributed by atoms with van der Waals surface area (Å²) < 4.78 is 32.1. The molecule has 3 aromatic rings. The van der Waals surface area contributed by atoms with Gasteiger partial charge in [-0.05, 0) is 61.7 Å². The lowest BCUT2D eigenvalue weighted by atomic mass is 10.1. The number of benzene rings is 2. The van der Waals surface area contributed by atoms with Gasteiger partial charge in [0, 0.05) is 24.2 Å². The van der Waals surface area contributed by atoms with Crippen LogP contribution in [0, 0.1) is 6.92 Å². The van der Waals surface area contributed by atoms with Crippen LogP contribution in [0.5, 0.6) is 0 Å². The van der Waals surface area contributed by atoms with Crippen LogP contribution in [-0.4, -0.2) is 50.3 Å². The zero-order valence-corrected chi connectivity index (χ0v) is 20.2. The Bertz CT molecular complexity index is 1270. The molecule has 0 saturated carbocycles. The Balaban J connectivity index is 1.56. The van der Waals surface area contributed by atoms with E-state index in [-0.39, 0.29) is 18.3 Å². The molecule has 4 rings (SSSR count). The summed E-state index contributed by atoms with van der Waals surface area (Å²) in [5.74, 6) is 0.409. The Morgan fingerprint density at radius 2 is 2.06 bits per heavy atom. The predicted octanol–water partition coefficient (Wildman–Crippen LogP) is 3.96. The monoisotopic (exact) mass is 490 g/mol. The Morgan fingerprint density at radius 3 is 2.82 bits per heavy atom. The molecule has 1 aliphatic rings. The van der Waals surface area contributed by atoms with E-state index in [1.807, 2.05) is 13.0 Å². The number of hydrogen-bond acceptors (Lipinski definition) is 5. The number of anilines is 1. The number of H-pyrrole nitrogens is 1. The molecule has 2 N–H and O–H groups in total. The zero-order chi connectivity index (χ0) is 23.6. The van der Waals surface area contributed by atoms with Crippen molar-refractivity contribution in [1.82, 2.24) is 15.3 Å². The number of rotatable bonds is 6. The molecule has 0 spiro atoms. The minimum absolute atomic E-state index is 0.149. The summed E-state index contributed by atoms with van der Waals surface area (Å²) >= 11 is 6.05. The maximum absolute atomic E-state index is 13.0. The predicted molar refractivity (Wildman–Crippen MR) is 129 cm³/mol. The van der Waals surface area contributed by atoms with E-state index in [1.165, 1.54) is 4.31 Å². The third kappa shape index (κ3) is 5.15. The van der Waals surface area contributed by atoms with Crippen molar-refractivity contribution in [2.24, 2.45) is 0 Å². The SMILES string of the molecule is COC[C@H](NC(=O)c1ccc(N2CCCCCS2(=O)=O)c(C)c1)c1nc2cc(Cl)ccc2[nH]1. The van der Waals surface area contributed by atoms with Gasteiger partial charge in [0.15, 0.2) is 0 Å². The normalized spacial score (nSPS) is 17.0. The van der Waals surface area contributed by atoms with E-state index >= 15 is 0 Å². The first-order valence-electron chi connectivity index (χ1n) is 10.8. The van der Waals surface area contributed by atoms with Crippen molar-refractivity contribution >= 4 is 44.3 Å². The number of amides is 1. The number of ether oxygens (including phenoxy) is 1. The lowest BCUT2D eigenvalue weighted by Gasteiger charge is -2.24. The highest BCUT2D eigenvalue weighted by atomic mass is 35.5. The van der Waals surface area contributed by atoms with Crippen molar-refractivity contribution in [3.8, 4) is 0 Å². The molecule has 0 unspecified atom stereocenters. The fourth-order valence-corrected chi connectivity index (χ4v) is 5.94. The second-order valence-electron chi connectivity index (χ2n) is 8.21. The number of carbonyl (C=O) groups is 1. The first-order chi connectivity index (χ1) is 15.8. The Morgan fingerprint density at radius 1 is 1.24 bits per heavy atom. The Hall–Kier alpha value is -2.62. The number of carbonyl (C=O) groups excluding carboxylic acids is 1. The van der Waals surface area contributed by atoms with Crippen LogP contribution in [0.3, 0.4) is 0 Å². The summed E-state index contributed by atoms with van der Waals surface area (Å²) in [5.41, 5.74) is 3.30. The molecule has 1 atom stereocenters. The van der Waals surface area contributed by atoms with Crippen molar-refractivity contribution in [1.29, 1.82) is 0 Å². The standard InChI is InChI=1S/C23H27ClN4O4S/c1-15-12-16(6-9-21(15)28-10-4-3-5-11-33(28,30)31)23(29)27-20(14-32-2)22-25-18-8-7-17(24)13-19(18)26-22/h6-9,12-13,20H,3-5,10-11,14H2,1-2H3,(H,25,26)(H,27,29)/t20-/m0/s1. The molecule has 0 bridgehead atoms. The van der Waals surface area contributed by atoms with Crippen LogP contribution in [0.25, 0.3) is 11.0 Å². The first-order valence-corrected chi connectivity index (χ1v) is 12.8. The molecule has 33 heavy (non-hydrogen) atoms. The summed E-state index contributed by atoms with van der Waals surface area (Å²) in [7, 11) is -1.80. The number of aryl methyl sites for hydroxylation is 1. The molecule has 1 amide bonds. The number of methoxy groups -OCH3 is 1. The quantitative estimate of drug-likeness (QED) is 0.544. The number of nitrogens with zero attached hydrogens (tertiary/aromatic N) is 2. The number of fused-ring (bicyclic) bond motifs is 1. The lowest BCUT2D eigenvalue weighted by molar-refractivity contribution is 0.0892. The smallest absolute Gasteiger partial charge is 0.251 e. The van der Waals surface area contributed by atoms with Gasteiger partial charge in [0.25, 0.3) is 5.91 Å². The minimum atomic E-state index is -3.35. The van der Waals surface area contributed by atoms with Gasteiger partial charge in [0.05, 0.1) is 29.1 Å². The summed E-state index contributed by atoms with van der Waals surface area (Å²) in [5, 5.41) is 3.53. The van der Waals surface area contributed by atoms with Crippen LogP contribution in [0.2, 0.25) is 5.02 Å². The average molecular weight is 491 g/mol. The summed E-state index contributed by atoms with van der Waals surface area (Å²) in [6.45, 7) is 2.51. The molecule has 0 aliphatic carbocycles. The largest absolute Gasteiger partial charge is 0.382 e. The van der Waals surface area contributed by atoms with Crippen molar-refractivity contribution in [2.75, 3.05) is 30.3 Å². The van der Waals surface area contributed by atoms with Gasteiger partial charge < -0.3 is 15.0 Å². The maximum atomic E-state index is 13.0. The Labute approximate surface area is 198 Å². The fraction of sp³-hybridized carbons (Fsp3) is 0.391. The number of sulfonamides is 1. The van der Waals surface area contributed by atoms with Crippen molar-refractivity contribution < 1.29 is 17.9 Å². The highest BCUT2D eigenvalue weighted by Crippen LogP contribution is 2.28. The number of aromatic amines is 1. The highest BCUT2D eigenvalue weighted by Gasteiger charge is 2.26. The molecular weight excluding hydrogens is 464 g/mol. The fourth-order valence-electron chi connectivity index (χ4n) is 4.07. The average Bonchev–Trinajstić information content (AvgIpc) is 3.10. The first kappa shape index (κ1) is 23.5. The van der Waals surface area contributed by atoms with Gasteiger partial charge in [-0.2, -0.15) is 0 Å². The second-order valence-corrected chi connectivity index (χ2v) is 10.7. The van der Waals surface area contributed by atoms with Crippen LogP contribution in [0.4, 0.5) is 5.69 Å². The van der Waals surface area contributed by atoms with E-state index in [1.54, 1.807) is 37.4 Å². The van der Waals surface area contributed by atoms with Crippen molar-refractivity contribution in [3.05, 3.63) is 58.4 Å². The van der Waals surface area contributed by atoms with Crippen molar-refractivity contribution in [2.45, 2.75) is 32.2 Å². The van der Waals surface area contributed by atoms with Crippen LogP contribution in [-0.2, 0) is 14.8 Å². The van der Waals surface area contributed by atoms with Gasteiger partial charge in [-0.25, -0.2) is 13.4 Å². The van der Waals surface area contributed by atoms with Crippen LogP contribution >= 0.6 is 11.6 Å².